The monoisotopic (exact) mass is 428 g/mol. The Bertz CT molecular complexity index is 960. The van der Waals surface area contributed by atoms with Crippen LogP contribution < -0.4 is 5.32 Å². The van der Waals surface area contributed by atoms with Crippen LogP contribution in [0.15, 0.2) is 53.4 Å². The highest BCUT2D eigenvalue weighted by Gasteiger charge is 2.32. The van der Waals surface area contributed by atoms with E-state index in [2.05, 4.69) is 44.3 Å². The molecule has 0 spiro atoms. The number of benzene rings is 2. The van der Waals surface area contributed by atoms with Crippen molar-refractivity contribution in [1.82, 2.24) is 9.62 Å². The smallest absolute Gasteiger partial charge is 0.243 e. The highest BCUT2D eigenvalue weighted by atomic mass is 32.2. The van der Waals surface area contributed by atoms with E-state index < -0.39 is 10.0 Å². The number of amides is 1. The number of carbonyl (C=O) groups excluding carboxylic acids is 1. The van der Waals surface area contributed by atoms with Gasteiger partial charge in [-0.25, -0.2) is 8.42 Å². The number of nitrogens with one attached hydrogen (secondary N) is 1. The number of carbonyl (C=O) groups is 1. The summed E-state index contributed by atoms with van der Waals surface area (Å²) in [6.07, 6.45) is 1.91. The molecular formula is C24H32N2O3S. The van der Waals surface area contributed by atoms with Gasteiger partial charge in [-0.15, -0.1) is 0 Å². The Labute approximate surface area is 180 Å². The second kappa shape index (κ2) is 9.75. The van der Waals surface area contributed by atoms with E-state index in [1.807, 2.05) is 18.2 Å². The van der Waals surface area contributed by atoms with Gasteiger partial charge >= 0.3 is 0 Å². The SMILES string of the molecule is Cc1cccc(CCNC(=O)C2CCN(S(=O)(=O)c3ccc(C(C)C)cc3)CC2)c1. The molecule has 2 aromatic carbocycles. The third-order valence-corrected chi connectivity index (χ3v) is 7.72. The molecule has 0 aromatic heterocycles. The molecule has 1 aliphatic heterocycles. The van der Waals surface area contributed by atoms with Crippen molar-refractivity contribution in [3.05, 3.63) is 65.2 Å². The number of nitrogens with zero attached hydrogens (tertiary/aromatic N) is 1. The molecule has 1 saturated heterocycles. The van der Waals surface area contributed by atoms with Crippen LogP contribution in [0.4, 0.5) is 0 Å². The van der Waals surface area contributed by atoms with Crippen molar-refractivity contribution < 1.29 is 13.2 Å². The van der Waals surface area contributed by atoms with Crippen LogP contribution in [0.25, 0.3) is 0 Å². The van der Waals surface area contributed by atoms with Gasteiger partial charge in [0.2, 0.25) is 15.9 Å². The average molecular weight is 429 g/mol. The molecule has 0 unspecified atom stereocenters. The van der Waals surface area contributed by atoms with Gasteiger partial charge in [-0.2, -0.15) is 4.31 Å². The van der Waals surface area contributed by atoms with Crippen LogP contribution in [-0.4, -0.2) is 38.3 Å². The molecular weight excluding hydrogens is 396 g/mol. The van der Waals surface area contributed by atoms with Crippen LogP contribution >= 0.6 is 0 Å². The van der Waals surface area contributed by atoms with E-state index in [1.165, 1.54) is 15.4 Å². The zero-order valence-electron chi connectivity index (χ0n) is 18.1. The van der Waals surface area contributed by atoms with Gasteiger partial charge in [-0.05, 0) is 55.4 Å². The van der Waals surface area contributed by atoms with Crippen molar-refractivity contribution in [2.24, 2.45) is 5.92 Å². The second-order valence-electron chi connectivity index (χ2n) is 8.43. The number of hydrogen-bond acceptors (Lipinski definition) is 3. The van der Waals surface area contributed by atoms with Crippen molar-refractivity contribution in [1.29, 1.82) is 0 Å². The molecule has 0 aliphatic carbocycles. The van der Waals surface area contributed by atoms with Gasteiger partial charge in [0.25, 0.3) is 0 Å². The molecule has 1 amide bonds. The number of rotatable bonds is 7. The first kappa shape index (κ1) is 22.5. The Morgan fingerprint density at radius 2 is 1.77 bits per heavy atom. The summed E-state index contributed by atoms with van der Waals surface area (Å²) < 4.78 is 27.4. The lowest BCUT2D eigenvalue weighted by atomic mass is 9.97. The van der Waals surface area contributed by atoms with E-state index >= 15 is 0 Å². The molecule has 1 fully saturated rings. The number of aryl methyl sites for hydroxylation is 1. The maximum Gasteiger partial charge on any atom is 0.243 e. The number of piperidine rings is 1. The summed E-state index contributed by atoms with van der Waals surface area (Å²) in [7, 11) is -3.51. The fourth-order valence-corrected chi connectivity index (χ4v) is 5.34. The Kier molecular flexibility index (Phi) is 7.32. The van der Waals surface area contributed by atoms with Gasteiger partial charge in [-0.3, -0.25) is 4.79 Å². The molecule has 1 aliphatic rings. The van der Waals surface area contributed by atoms with Crippen LogP contribution in [0.2, 0.25) is 0 Å². The third kappa shape index (κ3) is 5.49. The molecule has 0 atom stereocenters. The quantitative estimate of drug-likeness (QED) is 0.728. The molecule has 1 heterocycles. The minimum Gasteiger partial charge on any atom is -0.356 e. The van der Waals surface area contributed by atoms with Gasteiger partial charge < -0.3 is 5.32 Å². The highest BCUT2D eigenvalue weighted by molar-refractivity contribution is 7.89. The first-order chi connectivity index (χ1) is 14.3. The highest BCUT2D eigenvalue weighted by Crippen LogP contribution is 2.25. The van der Waals surface area contributed by atoms with Gasteiger partial charge in [-0.1, -0.05) is 55.8 Å². The molecule has 3 rings (SSSR count). The minimum absolute atomic E-state index is 0.0287. The summed E-state index contributed by atoms with van der Waals surface area (Å²) in [6, 6.07) is 15.4. The van der Waals surface area contributed by atoms with E-state index in [0.717, 1.165) is 12.0 Å². The van der Waals surface area contributed by atoms with E-state index in [0.29, 0.717) is 43.3 Å². The Morgan fingerprint density at radius 3 is 2.37 bits per heavy atom. The summed E-state index contributed by atoms with van der Waals surface area (Å²) >= 11 is 0. The lowest BCUT2D eigenvalue weighted by Crippen LogP contribution is -2.43. The topological polar surface area (TPSA) is 66.5 Å². The van der Waals surface area contributed by atoms with E-state index in [1.54, 1.807) is 12.1 Å². The van der Waals surface area contributed by atoms with Crippen LogP contribution in [0.3, 0.4) is 0 Å². The van der Waals surface area contributed by atoms with Gasteiger partial charge in [0.1, 0.15) is 0 Å². The summed E-state index contributed by atoms with van der Waals surface area (Å²) in [4.78, 5) is 12.8. The van der Waals surface area contributed by atoms with Crippen molar-refractivity contribution in [3.63, 3.8) is 0 Å². The van der Waals surface area contributed by atoms with Gasteiger partial charge in [0, 0.05) is 25.6 Å². The largest absolute Gasteiger partial charge is 0.356 e. The first-order valence-electron chi connectivity index (χ1n) is 10.7. The maximum atomic E-state index is 12.9. The van der Waals surface area contributed by atoms with Crippen molar-refractivity contribution in [2.75, 3.05) is 19.6 Å². The summed E-state index contributed by atoms with van der Waals surface area (Å²) in [5.41, 5.74) is 3.54. The molecule has 162 valence electrons. The Morgan fingerprint density at radius 1 is 1.10 bits per heavy atom. The standard InChI is InChI=1S/C24H32N2O3S/c1-18(2)21-7-9-23(10-8-21)30(28,29)26-15-12-22(13-16-26)24(27)25-14-11-20-6-4-5-19(3)17-20/h4-10,17-18,22H,11-16H2,1-3H3,(H,25,27). The summed E-state index contributed by atoms with van der Waals surface area (Å²) in [6.45, 7) is 7.58. The summed E-state index contributed by atoms with van der Waals surface area (Å²) in [5, 5.41) is 3.02. The number of hydrogen-bond donors (Lipinski definition) is 1. The molecule has 1 N–H and O–H groups in total. The zero-order chi connectivity index (χ0) is 21.7. The minimum atomic E-state index is -3.51. The van der Waals surface area contributed by atoms with Crippen LogP contribution in [0.1, 0.15) is 49.3 Å². The normalized spacial score (nSPS) is 16.0. The van der Waals surface area contributed by atoms with Crippen molar-refractivity contribution in [2.45, 2.75) is 50.8 Å². The first-order valence-corrected chi connectivity index (χ1v) is 12.1. The maximum absolute atomic E-state index is 12.9. The molecule has 0 bridgehead atoms. The molecule has 5 nitrogen and oxygen atoms in total. The van der Waals surface area contributed by atoms with Crippen LogP contribution in [-0.2, 0) is 21.2 Å². The average Bonchev–Trinajstić information content (AvgIpc) is 2.74. The number of sulfonamides is 1. The van der Waals surface area contributed by atoms with E-state index in [-0.39, 0.29) is 11.8 Å². The van der Waals surface area contributed by atoms with Crippen molar-refractivity contribution in [3.8, 4) is 0 Å². The van der Waals surface area contributed by atoms with Crippen LogP contribution in [0.5, 0.6) is 0 Å². The molecule has 30 heavy (non-hydrogen) atoms. The van der Waals surface area contributed by atoms with Crippen molar-refractivity contribution >= 4 is 15.9 Å². The molecule has 2 aromatic rings. The van der Waals surface area contributed by atoms with Gasteiger partial charge in [0.05, 0.1) is 4.90 Å². The zero-order valence-corrected chi connectivity index (χ0v) is 18.9. The Hall–Kier alpha value is -2.18. The summed E-state index contributed by atoms with van der Waals surface area (Å²) in [5.74, 6) is 0.264. The predicted octanol–water partition coefficient (Wildman–Crippen LogP) is 3.88. The predicted molar refractivity (Wildman–Crippen MR) is 120 cm³/mol. The van der Waals surface area contributed by atoms with Crippen LogP contribution in [0, 0.1) is 12.8 Å². The lowest BCUT2D eigenvalue weighted by Gasteiger charge is -2.30. The Balaban J connectivity index is 1.50. The lowest BCUT2D eigenvalue weighted by molar-refractivity contribution is -0.126. The molecule has 0 saturated carbocycles. The molecule has 0 radical (unpaired) electrons. The second-order valence-corrected chi connectivity index (χ2v) is 10.4. The molecule has 6 heteroatoms. The van der Waals surface area contributed by atoms with Gasteiger partial charge in [0.15, 0.2) is 0 Å². The van der Waals surface area contributed by atoms with E-state index in [9.17, 15) is 13.2 Å². The fraction of sp³-hybridized carbons (Fsp3) is 0.458. The van der Waals surface area contributed by atoms with E-state index in [4.69, 9.17) is 0 Å². The third-order valence-electron chi connectivity index (χ3n) is 5.80. The fourth-order valence-electron chi connectivity index (χ4n) is 3.87.